The van der Waals surface area contributed by atoms with E-state index in [1.54, 1.807) is 6.92 Å². The van der Waals surface area contributed by atoms with Crippen LogP contribution in [0.5, 0.6) is 11.5 Å². The molecule has 2 aromatic rings. The fraction of sp³-hybridized carbons (Fsp3) is 0.318. The van der Waals surface area contributed by atoms with Gasteiger partial charge in [-0.15, -0.1) is 0 Å². The molecule has 0 fully saturated rings. The van der Waals surface area contributed by atoms with Crippen molar-refractivity contribution in [3.8, 4) is 11.5 Å². The van der Waals surface area contributed by atoms with Gasteiger partial charge in [0.05, 0.1) is 19.1 Å². The third-order valence-electron chi connectivity index (χ3n) is 4.18. The Morgan fingerprint density at radius 3 is 2.48 bits per heavy atom. The molecule has 1 amide bonds. The molecular weight excluding hydrogens is 374 g/mol. The molecule has 0 saturated heterocycles. The van der Waals surface area contributed by atoms with Crippen molar-refractivity contribution in [2.75, 3.05) is 13.2 Å². The summed E-state index contributed by atoms with van der Waals surface area (Å²) in [5, 5.41) is 12.4. The number of phenolic OH excluding ortho intramolecular Hbond substituents is 1. The summed E-state index contributed by atoms with van der Waals surface area (Å²) in [7, 11) is 0. The van der Waals surface area contributed by atoms with Crippen LogP contribution < -0.4 is 10.1 Å². The van der Waals surface area contributed by atoms with Gasteiger partial charge in [0.1, 0.15) is 0 Å². The van der Waals surface area contributed by atoms with Gasteiger partial charge in [-0.05, 0) is 37.6 Å². The largest absolute Gasteiger partial charge is 0.504 e. The third-order valence-corrected chi connectivity index (χ3v) is 4.18. The van der Waals surface area contributed by atoms with Crippen molar-refractivity contribution in [1.29, 1.82) is 0 Å². The molecule has 2 aromatic carbocycles. The summed E-state index contributed by atoms with van der Waals surface area (Å²) in [6.07, 6.45) is -0.220. The van der Waals surface area contributed by atoms with E-state index < -0.39 is 18.5 Å². The van der Waals surface area contributed by atoms with Gasteiger partial charge in [-0.1, -0.05) is 30.3 Å². The number of amides is 1. The van der Waals surface area contributed by atoms with E-state index in [9.17, 15) is 19.5 Å². The summed E-state index contributed by atoms with van der Waals surface area (Å²) in [6, 6.07) is 13.5. The number of rotatable bonds is 10. The SMILES string of the molecule is CCOc1cc(C(=O)CCC(=O)OCC(=O)NC(C)c2ccccc2)ccc1O. The number of carbonyl (C=O) groups is 3. The summed E-state index contributed by atoms with van der Waals surface area (Å²) < 4.78 is 10.2. The molecule has 0 radical (unpaired) electrons. The highest BCUT2D eigenvalue weighted by Gasteiger charge is 2.15. The van der Waals surface area contributed by atoms with Crippen molar-refractivity contribution < 1.29 is 29.0 Å². The number of ketones is 1. The zero-order valence-corrected chi connectivity index (χ0v) is 16.5. The molecule has 7 heteroatoms. The van der Waals surface area contributed by atoms with E-state index in [-0.39, 0.29) is 36.2 Å². The number of hydrogen-bond acceptors (Lipinski definition) is 6. The minimum atomic E-state index is -0.635. The second-order valence-corrected chi connectivity index (χ2v) is 6.40. The number of benzene rings is 2. The molecule has 0 aliphatic rings. The molecule has 1 atom stereocenters. The molecule has 1 unspecified atom stereocenters. The molecule has 0 bridgehead atoms. The number of nitrogens with one attached hydrogen (secondary N) is 1. The summed E-state index contributed by atoms with van der Waals surface area (Å²) in [5.74, 6) is -1.18. The van der Waals surface area contributed by atoms with Gasteiger partial charge in [0.2, 0.25) is 0 Å². The van der Waals surface area contributed by atoms with E-state index in [2.05, 4.69) is 5.32 Å². The Morgan fingerprint density at radius 1 is 1.07 bits per heavy atom. The first-order valence-electron chi connectivity index (χ1n) is 9.39. The highest BCUT2D eigenvalue weighted by atomic mass is 16.5. The first-order valence-corrected chi connectivity index (χ1v) is 9.39. The first-order chi connectivity index (χ1) is 13.9. The van der Waals surface area contributed by atoms with Gasteiger partial charge in [-0.3, -0.25) is 14.4 Å². The summed E-state index contributed by atoms with van der Waals surface area (Å²) in [5.41, 5.74) is 1.27. The van der Waals surface area contributed by atoms with E-state index in [0.717, 1.165) is 5.56 Å². The Hall–Kier alpha value is -3.35. The Balaban J connectivity index is 1.76. The first kappa shape index (κ1) is 21.9. The second kappa shape index (κ2) is 10.8. The number of Topliss-reactive ketones (excluding diaryl/α,β-unsaturated/α-hetero) is 1. The molecule has 7 nitrogen and oxygen atoms in total. The molecule has 29 heavy (non-hydrogen) atoms. The average Bonchev–Trinajstić information content (AvgIpc) is 2.72. The molecule has 0 aliphatic heterocycles. The predicted octanol–water partition coefficient (Wildman–Crippen LogP) is 3.17. The lowest BCUT2D eigenvalue weighted by molar-refractivity contribution is -0.148. The number of carbonyl (C=O) groups excluding carboxylic acids is 3. The second-order valence-electron chi connectivity index (χ2n) is 6.40. The molecule has 154 valence electrons. The van der Waals surface area contributed by atoms with Crippen LogP contribution in [0.25, 0.3) is 0 Å². The number of ether oxygens (including phenoxy) is 2. The average molecular weight is 399 g/mol. The Bertz CT molecular complexity index is 850. The van der Waals surface area contributed by atoms with Gasteiger partial charge in [0.25, 0.3) is 5.91 Å². The van der Waals surface area contributed by atoms with Crippen molar-refractivity contribution in [2.45, 2.75) is 32.7 Å². The number of phenols is 1. The Morgan fingerprint density at radius 2 is 1.79 bits per heavy atom. The number of aromatic hydroxyl groups is 1. The zero-order valence-electron chi connectivity index (χ0n) is 16.5. The van der Waals surface area contributed by atoms with Gasteiger partial charge < -0.3 is 19.9 Å². The lowest BCUT2D eigenvalue weighted by Gasteiger charge is -2.14. The van der Waals surface area contributed by atoms with Crippen molar-refractivity contribution in [3.05, 3.63) is 59.7 Å². The maximum atomic E-state index is 12.2. The quantitative estimate of drug-likeness (QED) is 0.470. The summed E-state index contributed by atoms with van der Waals surface area (Å²) in [6.45, 7) is 3.54. The van der Waals surface area contributed by atoms with E-state index in [4.69, 9.17) is 9.47 Å². The van der Waals surface area contributed by atoms with Gasteiger partial charge in [-0.2, -0.15) is 0 Å². The van der Waals surface area contributed by atoms with Crippen LogP contribution >= 0.6 is 0 Å². The van der Waals surface area contributed by atoms with E-state index in [0.29, 0.717) is 12.2 Å². The van der Waals surface area contributed by atoms with E-state index in [1.165, 1.54) is 18.2 Å². The number of hydrogen-bond donors (Lipinski definition) is 2. The lowest BCUT2D eigenvalue weighted by Crippen LogP contribution is -2.31. The van der Waals surface area contributed by atoms with Crippen LogP contribution in [-0.4, -0.2) is 36.0 Å². The van der Waals surface area contributed by atoms with Crippen LogP contribution in [0.3, 0.4) is 0 Å². The highest BCUT2D eigenvalue weighted by molar-refractivity contribution is 5.98. The van der Waals surface area contributed by atoms with Crippen molar-refractivity contribution in [1.82, 2.24) is 5.32 Å². The summed E-state index contributed by atoms with van der Waals surface area (Å²) in [4.78, 5) is 36.0. The van der Waals surface area contributed by atoms with Crippen molar-refractivity contribution >= 4 is 17.7 Å². The van der Waals surface area contributed by atoms with Crippen molar-refractivity contribution in [2.24, 2.45) is 0 Å². The fourth-order valence-corrected chi connectivity index (χ4v) is 2.65. The molecular formula is C22H25NO6. The van der Waals surface area contributed by atoms with Crippen LogP contribution in [0.4, 0.5) is 0 Å². The molecule has 0 saturated carbocycles. The van der Waals surface area contributed by atoms with Crippen LogP contribution in [0, 0.1) is 0 Å². The lowest BCUT2D eigenvalue weighted by atomic mass is 10.1. The number of esters is 1. The standard InChI is InChI=1S/C22H25NO6/c1-3-28-20-13-17(9-10-19(20)25)18(24)11-12-22(27)29-14-21(26)23-15(2)16-7-5-4-6-8-16/h4-10,13,15,25H,3,11-12,14H2,1-2H3,(H,23,26). The maximum absolute atomic E-state index is 12.2. The zero-order chi connectivity index (χ0) is 21.2. The highest BCUT2D eigenvalue weighted by Crippen LogP contribution is 2.27. The Kier molecular flexibility index (Phi) is 8.21. The molecule has 0 aromatic heterocycles. The van der Waals surface area contributed by atoms with E-state index >= 15 is 0 Å². The third kappa shape index (κ3) is 6.95. The molecule has 2 N–H and O–H groups in total. The minimum absolute atomic E-state index is 0.0569. The van der Waals surface area contributed by atoms with Crippen LogP contribution in [0.1, 0.15) is 48.7 Å². The predicted molar refractivity (Wildman–Crippen MR) is 107 cm³/mol. The normalized spacial score (nSPS) is 11.4. The minimum Gasteiger partial charge on any atom is -0.504 e. The van der Waals surface area contributed by atoms with Gasteiger partial charge in [-0.25, -0.2) is 0 Å². The van der Waals surface area contributed by atoms with Crippen molar-refractivity contribution in [3.63, 3.8) is 0 Å². The van der Waals surface area contributed by atoms with Gasteiger partial charge in [0.15, 0.2) is 23.9 Å². The summed E-state index contributed by atoms with van der Waals surface area (Å²) >= 11 is 0. The monoisotopic (exact) mass is 399 g/mol. The fourth-order valence-electron chi connectivity index (χ4n) is 2.65. The van der Waals surface area contributed by atoms with E-state index in [1.807, 2.05) is 37.3 Å². The topological polar surface area (TPSA) is 102 Å². The molecule has 0 aliphatic carbocycles. The molecule has 0 heterocycles. The van der Waals surface area contributed by atoms with Crippen LogP contribution in [0.2, 0.25) is 0 Å². The van der Waals surface area contributed by atoms with Gasteiger partial charge in [0, 0.05) is 12.0 Å². The molecule has 2 rings (SSSR count). The molecule has 0 spiro atoms. The maximum Gasteiger partial charge on any atom is 0.306 e. The smallest absolute Gasteiger partial charge is 0.306 e. The van der Waals surface area contributed by atoms with Crippen LogP contribution in [-0.2, 0) is 14.3 Å². The van der Waals surface area contributed by atoms with Crippen LogP contribution in [0.15, 0.2) is 48.5 Å². The van der Waals surface area contributed by atoms with Gasteiger partial charge >= 0.3 is 5.97 Å². The Labute approximate surface area is 169 Å².